The van der Waals surface area contributed by atoms with Crippen LogP contribution in [-0.2, 0) is 29.7 Å². The second kappa shape index (κ2) is 8.31. The molecule has 0 unspecified atom stereocenters. The van der Waals surface area contributed by atoms with Crippen LogP contribution in [0.2, 0.25) is 0 Å². The molecule has 1 aliphatic heterocycles. The number of benzene rings is 1. The van der Waals surface area contributed by atoms with E-state index in [0.29, 0.717) is 23.5 Å². The van der Waals surface area contributed by atoms with Crippen molar-refractivity contribution in [2.45, 2.75) is 33.0 Å². The Bertz CT molecular complexity index is 1180. The van der Waals surface area contributed by atoms with Crippen molar-refractivity contribution >= 4 is 15.7 Å². The average molecular weight is 449 g/mol. The monoisotopic (exact) mass is 449 g/mol. The molecule has 11 heteroatoms. The summed E-state index contributed by atoms with van der Waals surface area (Å²) in [6.07, 6.45) is -1.45. The van der Waals surface area contributed by atoms with E-state index >= 15 is 0 Å². The van der Waals surface area contributed by atoms with Crippen LogP contribution in [-0.4, -0.2) is 41.3 Å². The summed E-state index contributed by atoms with van der Waals surface area (Å²) in [6, 6.07) is 8.88. The highest BCUT2D eigenvalue weighted by Crippen LogP contribution is 2.33. The first kappa shape index (κ1) is 21.3. The van der Waals surface area contributed by atoms with E-state index < -0.39 is 22.3 Å². The van der Waals surface area contributed by atoms with Crippen LogP contribution in [0.15, 0.2) is 40.9 Å². The quantitative estimate of drug-likeness (QED) is 0.546. The molecule has 0 spiro atoms. The Labute approximate surface area is 178 Å². The molecule has 0 aliphatic carbocycles. The molecule has 0 radical (unpaired) electrons. The first-order valence-corrected chi connectivity index (χ1v) is 11.3. The van der Waals surface area contributed by atoms with Crippen molar-refractivity contribution in [2.75, 3.05) is 17.1 Å². The molecule has 8 nitrogen and oxygen atoms in total. The standard InChI is InChI=1S/C20H21F2N5O3S/c1-3-31(28,29)27(17-6-4-5-14-10-26(2)12-16(14)17)11-15-8-7-13(9-23-15)19-24-25-20(30-19)18(21)22/h4-9,18H,3,10-12H2,1-2H3. The van der Waals surface area contributed by atoms with E-state index in [1.165, 1.54) is 10.5 Å². The van der Waals surface area contributed by atoms with Crippen molar-refractivity contribution in [1.82, 2.24) is 20.1 Å². The number of hydrogen-bond acceptors (Lipinski definition) is 7. The van der Waals surface area contributed by atoms with Gasteiger partial charge in [0.25, 0.3) is 5.89 Å². The molecule has 3 aromatic rings. The molecular weight excluding hydrogens is 428 g/mol. The highest BCUT2D eigenvalue weighted by Gasteiger charge is 2.28. The van der Waals surface area contributed by atoms with E-state index in [1.54, 1.807) is 19.1 Å². The van der Waals surface area contributed by atoms with Crippen LogP contribution in [0.4, 0.5) is 14.5 Å². The maximum absolute atomic E-state index is 12.9. The summed E-state index contributed by atoms with van der Waals surface area (Å²) in [4.78, 5) is 6.42. The summed E-state index contributed by atoms with van der Waals surface area (Å²) in [5.41, 5.74) is 3.61. The van der Waals surface area contributed by atoms with Crippen molar-refractivity contribution in [3.05, 3.63) is 59.2 Å². The first-order chi connectivity index (χ1) is 14.8. The van der Waals surface area contributed by atoms with E-state index in [2.05, 4.69) is 20.1 Å². The van der Waals surface area contributed by atoms with Crippen LogP contribution in [0, 0.1) is 0 Å². The smallest absolute Gasteiger partial charge is 0.314 e. The number of rotatable bonds is 7. The summed E-state index contributed by atoms with van der Waals surface area (Å²) in [6.45, 7) is 3.07. The van der Waals surface area contributed by atoms with E-state index in [4.69, 9.17) is 4.42 Å². The highest BCUT2D eigenvalue weighted by molar-refractivity contribution is 7.92. The molecular formula is C20H21F2N5O3S. The molecule has 4 rings (SSSR count). The molecule has 1 aromatic carbocycles. The van der Waals surface area contributed by atoms with Crippen LogP contribution in [0.3, 0.4) is 0 Å². The predicted octanol–water partition coefficient (Wildman–Crippen LogP) is 3.37. The molecule has 3 heterocycles. The van der Waals surface area contributed by atoms with Crippen molar-refractivity contribution in [1.29, 1.82) is 0 Å². The third kappa shape index (κ3) is 4.28. The number of pyridine rings is 1. The topological polar surface area (TPSA) is 92.4 Å². The summed E-state index contributed by atoms with van der Waals surface area (Å²) < 4.78 is 57.5. The van der Waals surface area contributed by atoms with Gasteiger partial charge in [0.1, 0.15) is 0 Å². The fraction of sp³-hybridized carbons (Fsp3) is 0.350. The van der Waals surface area contributed by atoms with Gasteiger partial charge in [-0.1, -0.05) is 12.1 Å². The second-order valence-corrected chi connectivity index (χ2v) is 9.46. The first-order valence-electron chi connectivity index (χ1n) is 9.65. The Morgan fingerprint density at radius 1 is 1.19 bits per heavy atom. The molecule has 0 amide bonds. The molecule has 0 N–H and O–H groups in total. The fourth-order valence-corrected chi connectivity index (χ4v) is 4.63. The minimum Gasteiger partial charge on any atom is -0.415 e. The lowest BCUT2D eigenvalue weighted by Gasteiger charge is -2.26. The van der Waals surface area contributed by atoms with E-state index in [0.717, 1.165) is 17.7 Å². The summed E-state index contributed by atoms with van der Waals surface area (Å²) in [5.74, 6) is -0.887. The fourth-order valence-electron chi connectivity index (χ4n) is 3.52. The lowest BCUT2D eigenvalue weighted by molar-refractivity contribution is 0.116. The van der Waals surface area contributed by atoms with Gasteiger partial charge < -0.3 is 4.42 Å². The number of nitrogens with zero attached hydrogens (tertiary/aromatic N) is 5. The lowest BCUT2D eigenvalue weighted by atomic mass is 10.1. The maximum atomic E-state index is 12.9. The van der Waals surface area contributed by atoms with Gasteiger partial charge in [-0.15, -0.1) is 10.2 Å². The molecule has 164 valence electrons. The normalized spacial score (nSPS) is 14.2. The predicted molar refractivity (Wildman–Crippen MR) is 110 cm³/mol. The van der Waals surface area contributed by atoms with Crippen LogP contribution in [0.5, 0.6) is 0 Å². The molecule has 0 atom stereocenters. The Balaban J connectivity index is 1.64. The van der Waals surface area contributed by atoms with Gasteiger partial charge >= 0.3 is 6.43 Å². The number of fused-ring (bicyclic) bond motifs is 1. The van der Waals surface area contributed by atoms with Crippen LogP contribution in [0.25, 0.3) is 11.5 Å². The molecule has 31 heavy (non-hydrogen) atoms. The zero-order valence-corrected chi connectivity index (χ0v) is 17.8. The molecule has 2 aromatic heterocycles. The van der Waals surface area contributed by atoms with Crippen molar-refractivity contribution < 1.29 is 21.6 Å². The number of halogens is 2. The van der Waals surface area contributed by atoms with Crippen LogP contribution < -0.4 is 4.31 Å². The minimum atomic E-state index is -3.57. The van der Waals surface area contributed by atoms with Gasteiger partial charge in [-0.25, -0.2) is 8.42 Å². The number of aromatic nitrogens is 3. The van der Waals surface area contributed by atoms with Crippen molar-refractivity contribution in [2.24, 2.45) is 0 Å². The van der Waals surface area contributed by atoms with Gasteiger partial charge in [0.15, 0.2) is 0 Å². The molecule has 0 saturated carbocycles. The van der Waals surface area contributed by atoms with E-state index in [-0.39, 0.29) is 18.2 Å². The summed E-state index contributed by atoms with van der Waals surface area (Å²) >= 11 is 0. The number of hydrogen-bond donors (Lipinski definition) is 0. The van der Waals surface area contributed by atoms with Crippen LogP contribution >= 0.6 is 0 Å². The van der Waals surface area contributed by atoms with Crippen molar-refractivity contribution in [3.8, 4) is 11.5 Å². The van der Waals surface area contributed by atoms with Gasteiger partial charge in [-0.3, -0.25) is 14.2 Å². The van der Waals surface area contributed by atoms with Gasteiger partial charge in [-0.05, 0) is 43.3 Å². The summed E-state index contributed by atoms with van der Waals surface area (Å²) in [7, 11) is -1.58. The Morgan fingerprint density at radius 2 is 2.00 bits per heavy atom. The third-order valence-corrected chi connectivity index (χ3v) is 6.82. The number of sulfonamides is 1. The Hall–Kier alpha value is -2.92. The third-order valence-electron chi connectivity index (χ3n) is 5.09. The largest absolute Gasteiger partial charge is 0.415 e. The zero-order valence-electron chi connectivity index (χ0n) is 17.0. The number of anilines is 1. The van der Waals surface area contributed by atoms with Crippen molar-refractivity contribution in [3.63, 3.8) is 0 Å². The van der Waals surface area contributed by atoms with Gasteiger partial charge in [0.05, 0.1) is 29.2 Å². The lowest BCUT2D eigenvalue weighted by Crippen LogP contribution is -2.33. The molecule has 0 fully saturated rings. The van der Waals surface area contributed by atoms with Gasteiger partial charge in [0.2, 0.25) is 15.9 Å². The van der Waals surface area contributed by atoms with Gasteiger partial charge in [0, 0.05) is 19.3 Å². The summed E-state index contributed by atoms with van der Waals surface area (Å²) in [5, 5.41) is 6.90. The highest BCUT2D eigenvalue weighted by atomic mass is 32.2. The molecule has 1 aliphatic rings. The molecule has 0 bridgehead atoms. The average Bonchev–Trinajstić information content (AvgIpc) is 3.38. The minimum absolute atomic E-state index is 0.0444. The Morgan fingerprint density at radius 3 is 2.65 bits per heavy atom. The number of alkyl halides is 2. The Kier molecular flexibility index (Phi) is 5.71. The maximum Gasteiger partial charge on any atom is 0.314 e. The second-order valence-electron chi connectivity index (χ2n) is 7.28. The van der Waals surface area contributed by atoms with Gasteiger partial charge in [-0.2, -0.15) is 8.78 Å². The van der Waals surface area contributed by atoms with E-state index in [1.807, 2.05) is 25.2 Å². The zero-order chi connectivity index (χ0) is 22.2. The SMILES string of the molecule is CCS(=O)(=O)N(Cc1ccc(-c2nnc(C(F)F)o2)cn1)c1cccc2c1CN(C)C2. The molecule has 0 saturated heterocycles. The van der Waals surface area contributed by atoms with E-state index in [9.17, 15) is 17.2 Å². The van der Waals surface area contributed by atoms with Crippen LogP contribution in [0.1, 0.15) is 36.1 Å².